The highest BCUT2D eigenvalue weighted by atomic mass is 16.5. The van der Waals surface area contributed by atoms with Crippen LogP contribution < -0.4 is 0 Å². The summed E-state index contributed by atoms with van der Waals surface area (Å²) in [5, 5.41) is 10.2. The fraction of sp³-hybridized carbons (Fsp3) is 0.923. The summed E-state index contributed by atoms with van der Waals surface area (Å²) in [6.45, 7) is 2.66. The Morgan fingerprint density at radius 1 is 0.941 bits per heavy atom. The average Bonchev–Trinajstić information content (AvgIpc) is 2.31. The van der Waals surface area contributed by atoms with E-state index in [9.17, 15) is 10.0 Å². The van der Waals surface area contributed by atoms with Gasteiger partial charge in [-0.2, -0.15) is 0 Å². The van der Waals surface area contributed by atoms with Gasteiger partial charge in [-0.05, 0) is 6.42 Å². The maximum atomic E-state index is 11.3. The van der Waals surface area contributed by atoms with Crippen molar-refractivity contribution < 1.29 is 10.0 Å². The molecule has 0 aromatic carbocycles. The quantitative estimate of drug-likeness (QED) is 0.383. The standard InChI is InChI=1S/C13H28N2O2/c1-4-5-6-7-8-9-10-11-12-15(17)13(16)14(2)3/h17H,4-12H2,1-3H3. The van der Waals surface area contributed by atoms with Gasteiger partial charge >= 0.3 is 6.03 Å². The Bertz CT molecular complexity index is 196. The van der Waals surface area contributed by atoms with Crippen molar-refractivity contribution in [1.29, 1.82) is 0 Å². The largest absolute Gasteiger partial charge is 0.343 e. The van der Waals surface area contributed by atoms with E-state index in [0.717, 1.165) is 17.9 Å². The predicted octanol–water partition coefficient (Wildman–Crippen LogP) is 3.50. The molecular weight excluding hydrogens is 216 g/mol. The van der Waals surface area contributed by atoms with Crippen LogP contribution in [0.25, 0.3) is 0 Å². The zero-order valence-electron chi connectivity index (χ0n) is 11.6. The van der Waals surface area contributed by atoms with Crippen LogP contribution in [0.3, 0.4) is 0 Å². The van der Waals surface area contributed by atoms with E-state index >= 15 is 0 Å². The molecule has 0 aromatic heterocycles. The van der Waals surface area contributed by atoms with Crippen LogP contribution >= 0.6 is 0 Å². The predicted molar refractivity (Wildman–Crippen MR) is 70.2 cm³/mol. The molecular formula is C13H28N2O2. The molecule has 0 fully saturated rings. The molecule has 102 valence electrons. The van der Waals surface area contributed by atoms with Gasteiger partial charge in [-0.15, -0.1) is 0 Å². The third-order valence-corrected chi connectivity index (χ3v) is 2.83. The Kier molecular flexibility index (Phi) is 9.92. The zero-order valence-corrected chi connectivity index (χ0v) is 11.6. The summed E-state index contributed by atoms with van der Waals surface area (Å²) in [4.78, 5) is 12.7. The van der Waals surface area contributed by atoms with Gasteiger partial charge in [0, 0.05) is 14.1 Å². The van der Waals surface area contributed by atoms with Crippen LogP contribution in [0.5, 0.6) is 0 Å². The molecule has 0 radical (unpaired) electrons. The molecule has 2 amide bonds. The Hall–Kier alpha value is -0.770. The van der Waals surface area contributed by atoms with Crippen molar-refractivity contribution in [1.82, 2.24) is 9.96 Å². The number of carbonyl (C=O) groups excluding carboxylic acids is 1. The van der Waals surface area contributed by atoms with E-state index in [2.05, 4.69) is 6.92 Å². The molecule has 0 atom stereocenters. The van der Waals surface area contributed by atoms with E-state index in [0.29, 0.717) is 6.54 Å². The fourth-order valence-corrected chi connectivity index (χ4v) is 1.72. The molecule has 0 unspecified atom stereocenters. The molecule has 0 spiro atoms. The summed E-state index contributed by atoms with van der Waals surface area (Å²) >= 11 is 0. The second kappa shape index (κ2) is 10.4. The van der Waals surface area contributed by atoms with Gasteiger partial charge < -0.3 is 4.90 Å². The lowest BCUT2D eigenvalue weighted by molar-refractivity contribution is -0.0536. The molecule has 0 aliphatic carbocycles. The number of unbranched alkanes of at least 4 members (excludes halogenated alkanes) is 7. The first kappa shape index (κ1) is 16.2. The maximum Gasteiger partial charge on any atom is 0.343 e. The number of hydroxylamine groups is 2. The van der Waals surface area contributed by atoms with Crippen LogP contribution in [-0.2, 0) is 0 Å². The fourth-order valence-electron chi connectivity index (χ4n) is 1.72. The van der Waals surface area contributed by atoms with Gasteiger partial charge in [0.15, 0.2) is 0 Å². The summed E-state index contributed by atoms with van der Waals surface area (Å²) < 4.78 is 0. The first-order valence-electron chi connectivity index (χ1n) is 6.77. The Morgan fingerprint density at radius 2 is 1.41 bits per heavy atom. The zero-order chi connectivity index (χ0) is 13.1. The normalized spacial score (nSPS) is 10.4. The molecule has 0 aliphatic rings. The minimum Gasteiger partial charge on any atom is -0.329 e. The molecule has 1 N–H and O–H groups in total. The second-order valence-electron chi connectivity index (χ2n) is 4.78. The van der Waals surface area contributed by atoms with Crippen LogP contribution in [0, 0.1) is 0 Å². The number of hydrogen-bond acceptors (Lipinski definition) is 2. The van der Waals surface area contributed by atoms with E-state index in [1.54, 1.807) is 14.1 Å². The van der Waals surface area contributed by atoms with Crippen molar-refractivity contribution in [2.75, 3.05) is 20.6 Å². The van der Waals surface area contributed by atoms with Crippen LogP contribution in [-0.4, -0.2) is 41.8 Å². The third kappa shape index (κ3) is 8.98. The first-order chi connectivity index (χ1) is 8.09. The maximum absolute atomic E-state index is 11.3. The number of carbonyl (C=O) groups is 1. The highest BCUT2D eigenvalue weighted by molar-refractivity contribution is 5.72. The van der Waals surface area contributed by atoms with Crippen molar-refractivity contribution in [3.05, 3.63) is 0 Å². The Balaban J connectivity index is 3.30. The molecule has 0 rings (SSSR count). The Morgan fingerprint density at radius 3 is 1.88 bits per heavy atom. The summed E-state index contributed by atoms with van der Waals surface area (Å²) in [5.74, 6) is 0. The third-order valence-electron chi connectivity index (χ3n) is 2.83. The summed E-state index contributed by atoms with van der Waals surface area (Å²) in [6, 6.07) is -0.340. The summed E-state index contributed by atoms with van der Waals surface area (Å²) in [7, 11) is 3.28. The lowest BCUT2D eigenvalue weighted by Crippen LogP contribution is -2.37. The van der Waals surface area contributed by atoms with Crippen molar-refractivity contribution in [2.24, 2.45) is 0 Å². The van der Waals surface area contributed by atoms with E-state index in [4.69, 9.17) is 0 Å². The van der Waals surface area contributed by atoms with Gasteiger partial charge in [-0.25, -0.2) is 9.86 Å². The highest BCUT2D eigenvalue weighted by Gasteiger charge is 2.11. The molecule has 0 saturated heterocycles. The van der Waals surface area contributed by atoms with E-state index in [-0.39, 0.29) is 6.03 Å². The lowest BCUT2D eigenvalue weighted by atomic mass is 10.1. The monoisotopic (exact) mass is 244 g/mol. The number of hydrogen-bond donors (Lipinski definition) is 1. The van der Waals surface area contributed by atoms with Crippen molar-refractivity contribution in [2.45, 2.75) is 58.3 Å². The topological polar surface area (TPSA) is 43.8 Å². The van der Waals surface area contributed by atoms with Crippen LogP contribution in [0.4, 0.5) is 4.79 Å². The minimum atomic E-state index is -0.340. The smallest absolute Gasteiger partial charge is 0.329 e. The second-order valence-corrected chi connectivity index (χ2v) is 4.78. The Labute approximate surface area is 106 Å². The molecule has 17 heavy (non-hydrogen) atoms. The summed E-state index contributed by atoms with van der Waals surface area (Å²) in [6.07, 6.45) is 9.71. The number of rotatable bonds is 9. The van der Waals surface area contributed by atoms with Crippen LogP contribution in [0.2, 0.25) is 0 Å². The molecule has 4 nitrogen and oxygen atoms in total. The molecule has 0 saturated carbocycles. The number of urea groups is 1. The minimum absolute atomic E-state index is 0.340. The van der Waals surface area contributed by atoms with Gasteiger partial charge in [-0.3, -0.25) is 5.21 Å². The van der Waals surface area contributed by atoms with Crippen LogP contribution in [0.1, 0.15) is 58.3 Å². The van der Waals surface area contributed by atoms with Crippen LogP contribution in [0.15, 0.2) is 0 Å². The number of nitrogens with zero attached hydrogens (tertiary/aromatic N) is 2. The lowest BCUT2D eigenvalue weighted by Gasteiger charge is -2.19. The highest BCUT2D eigenvalue weighted by Crippen LogP contribution is 2.08. The summed E-state index contributed by atoms with van der Waals surface area (Å²) in [5.41, 5.74) is 0. The first-order valence-corrected chi connectivity index (χ1v) is 6.77. The van der Waals surface area contributed by atoms with E-state index in [1.807, 2.05) is 0 Å². The van der Waals surface area contributed by atoms with Gasteiger partial charge in [0.2, 0.25) is 0 Å². The van der Waals surface area contributed by atoms with Gasteiger partial charge in [-0.1, -0.05) is 51.9 Å². The van der Waals surface area contributed by atoms with Crippen molar-refractivity contribution >= 4 is 6.03 Å². The molecule has 4 heteroatoms. The van der Waals surface area contributed by atoms with E-state index in [1.165, 1.54) is 43.4 Å². The SMILES string of the molecule is CCCCCCCCCCN(O)C(=O)N(C)C. The number of amides is 2. The molecule has 0 bridgehead atoms. The van der Waals surface area contributed by atoms with Gasteiger partial charge in [0.1, 0.15) is 0 Å². The van der Waals surface area contributed by atoms with Crippen molar-refractivity contribution in [3.8, 4) is 0 Å². The van der Waals surface area contributed by atoms with Gasteiger partial charge in [0.05, 0.1) is 6.54 Å². The molecule has 0 aromatic rings. The van der Waals surface area contributed by atoms with Crippen molar-refractivity contribution in [3.63, 3.8) is 0 Å². The van der Waals surface area contributed by atoms with E-state index < -0.39 is 0 Å². The molecule has 0 aliphatic heterocycles. The molecule has 0 heterocycles. The van der Waals surface area contributed by atoms with Gasteiger partial charge in [0.25, 0.3) is 0 Å². The average molecular weight is 244 g/mol.